The molecule has 0 bridgehead atoms. The second kappa shape index (κ2) is 2.13. The zero-order chi connectivity index (χ0) is 6.74. The molecule has 0 fully saturated rings. The van der Waals surface area contributed by atoms with Crippen LogP contribution in [0.3, 0.4) is 0 Å². The van der Waals surface area contributed by atoms with Crippen LogP contribution in [0.25, 0.3) is 0 Å². The van der Waals surface area contributed by atoms with Gasteiger partial charge < -0.3 is 0 Å². The highest BCUT2D eigenvalue weighted by atomic mass is 15.0. The number of hydrogen-bond acceptors (Lipinski definition) is 2. The molecule has 48 valence electrons. The molecule has 0 saturated heterocycles. The highest BCUT2D eigenvalue weighted by molar-refractivity contribution is 5.83. The molecule has 1 heterocycles. The summed E-state index contributed by atoms with van der Waals surface area (Å²) in [4.78, 5) is 8.29. The molecule has 0 aromatic rings. The fraction of sp³-hybridized carbons (Fsp3) is 0.429. The Kier molecular flexibility index (Phi) is 1.47. The van der Waals surface area contributed by atoms with Crippen LogP contribution >= 0.6 is 0 Å². The Bertz CT molecular complexity index is 157. The molecule has 1 aliphatic rings. The molecule has 0 atom stereocenters. The normalized spacial score (nSPS) is 22.0. The molecular formula is C7H10N2. The van der Waals surface area contributed by atoms with Crippen LogP contribution in [0, 0.1) is 0 Å². The first-order chi connectivity index (χ1) is 4.21. The van der Waals surface area contributed by atoms with Crippen molar-refractivity contribution in [1.82, 2.24) is 0 Å². The standard InChI is InChI=1S/C7H10N2/c1-7(2)8-5-3-4-6-9-7/h3-6H,1-2H3. The van der Waals surface area contributed by atoms with Gasteiger partial charge in [-0.25, -0.2) is 0 Å². The quantitative estimate of drug-likeness (QED) is 0.464. The number of rotatable bonds is 0. The van der Waals surface area contributed by atoms with Gasteiger partial charge in [0, 0.05) is 12.4 Å². The van der Waals surface area contributed by atoms with E-state index in [1.54, 1.807) is 12.4 Å². The van der Waals surface area contributed by atoms with E-state index >= 15 is 0 Å². The van der Waals surface area contributed by atoms with Gasteiger partial charge in [-0.1, -0.05) is 0 Å². The van der Waals surface area contributed by atoms with Gasteiger partial charge in [-0.15, -0.1) is 0 Å². The monoisotopic (exact) mass is 122 g/mol. The lowest BCUT2D eigenvalue weighted by Gasteiger charge is -2.10. The van der Waals surface area contributed by atoms with E-state index in [1.807, 2.05) is 26.0 Å². The highest BCUT2D eigenvalue weighted by Gasteiger charge is 2.10. The van der Waals surface area contributed by atoms with Gasteiger partial charge in [0.15, 0.2) is 0 Å². The SMILES string of the molecule is CC1(C)N=CC=CC=N1. The third kappa shape index (κ3) is 1.80. The minimum atomic E-state index is -0.260. The first-order valence-corrected chi connectivity index (χ1v) is 2.96. The predicted molar refractivity (Wildman–Crippen MR) is 40.2 cm³/mol. The molecule has 0 saturated carbocycles. The lowest BCUT2D eigenvalue weighted by atomic mass is 10.3. The van der Waals surface area contributed by atoms with Gasteiger partial charge in [-0.3, -0.25) is 9.98 Å². The number of allylic oxidation sites excluding steroid dienone is 2. The van der Waals surface area contributed by atoms with Crippen LogP contribution < -0.4 is 0 Å². The maximum atomic E-state index is 4.15. The third-order valence-corrected chi connectivity index (χ3v) is 1.06. The molecule has 0 N–H and O–H groups in total. The van der Waals surface area contributed by atoms with E-state index in [2.05, 4.69) is 9.98 Å². The van der Waals surface area contributed by atoms with E-state index < -0.39 is 0 Å². The molecule has 0 aromatic heterocycles. The number of hydrogen-bond donors (Lipinski definition) is 0. The third-order valence-electron chi connectivity index (χ3n) is 1.06. The zero-order valence-corrected chi connectivity index (χ0v) is 5.70. The minimum Gasteiger partial charge on any atom is -0.264 e. The van der Waals surface area contributed by atoms with Crippen molar-refractivity contribution < 1.29 is 0 Å². The van der Waals surface area contributed by atoms with Crippen LogP contribution in [-0.4, -0.2) is 18.1 Å². The van der Waals surface area contributed by atoms with Crippen LogP contribution in [0.4, 0.5) is 0 Å². The molecule has 0 radical (unpaired) electrons. The van der Waals surface area contributed by atoms with Crippen LogP contribution in [0.15, 0.2) is 22.1 Å². The first kappa shape index (κ1) is 6.20. The van der Waals surface area contributed by atoms with E-state index in [0.717, 1.165) is 0 Å². The number of aliphatic imine (C=N–C) groups is 2. The van der Waals surface area contributed by atoms with Gasteiger partial charge >= 0.3 is 0 Å². The Morgan fingerprint density at radius 3 is 1.89 bits per heavy atom. The second-order valence-corrected chi connectivity index (χ2v) is 2.44. The van der Waals surface area contributed by atoms with Crippen LogP contribution in [-0.2, 0) is 0 Å². The molecule has 0 aromatic carbocycles. The summed E-state index contributed by atoms with van der Waals surface area (Å²) in [6.45, 7) is 3.93. The lowest BCUT2D eigenvalue weighted by Crippen LogP contribution is -2.11. The summed E-state index contributed by atoms with van der Waals surface area (Å²) in [6.07, 6.45) is 7.29. The van der Waals surface area contributed by atoms with Crippen LogP contribution in [0.1, 0.15) is 13.8 Å². The number of nitrogens with zero attached hydrogens (tertiary/aromatic N) is 2. The predicted octanol–water partition coefficient (Wildman–Crippen LogP) is 1.43. The maximum absolute atomic E-state index is 4.15. The zero-order valence-electron chi connectivity index (χ0n) is 5.70. The summed E-state index contributed by atoms with van der Waals surface area (Å²) < 4.78 is 0. The summed E-state index contributed by atoms with van der Waals surface area (Å²) >= 11 is 0. The Labute approximate surface area is 55.0 Å². The molecule has 2 heteroatoms. The van der Waals surface area contributed by atoms with E-state index in [-0.39, 0.29) is 5.66 Å². The van der Waals surface area contributed by atoms with Gasteiger partial charge in [0.1, 0.15) is 5.66 Å². The molecule has 0 spiro atoms. The van der Waals surface area contributed by atoms with Gasteiger partial charge in [-0.05, 0) is 26.0 Å². The molecule has 1 aliphatic heterocycles. The van der Waals surface area contributed by atoms with Crippen molar-refractivity contribution in [3.05, 3.63) is 12.2 Å². The largest absolute Gasteiger partial charge is 0.264 e. The van der Waals surface area contributed by atoms with Crippen molar-refractivity contribution in [3.8, 4) is 0 Å². The van der Waals surface area contributed by atoms with Crippen molar-refractivity contribution in [2.75, 3.05) is 0 Å². The fourth-order valence-corrected chi connectivity index (χ4v) is 0.584. The Morgan fingerprint density at radius 2 is 1.44 bits per heavy atom. The molecule has 1 rings (SSSR count). The van der Waals surface area contributed by atoms with Gasteiger partial charge in [-0.2, -0.15) is 0 Å². The Hall–Kier alpha value is -0.920. The maximum Gasteiger partial charge on any atom is 0.144 e. The first-order valence-electron chi connectivity index (χ1n) is 2.96. The smallest absolute Gasteiger partial charge is 0.144 e. The van der Waals surface area contributed by atoms with Gasteiger partial charge in [0.2, 0.25) is 0 Å². The Morgan fingerprint density at radius 1 is 1.00 bits per heavy atom. The summed E-state index contributed by atoms with van der Waals surface area (Å²) in [5.74, 6) is 0. The van der Waals surface area contributed by atoms with Crippen molar-refractivity contribution >= 4 is 12.4 Å². The molecule has 2 nitrogen and oxygen atoms in total. The average molecular weight is 122 g/mol. The fourth-order valence-electron chi connectivity index (χ4n) is 0.584. The summed E-state index contributed by atoms with van der Waals surface area (Å²) in [5, 5.41) is 0. The minimum absolute atomic E-state index is 0.260. The van der Waals surface area contributed by atoms with E-state index in [1.165, 1.54) is 0 Å². The van der Waals surface area contributed by atoms with E-state index in [0.29, 0.717) is 0 Å². The summed E-state index contributed by atoms with van der Waals surface area (Å²) in [7, 11) is 0. The molecule has 0 aliphatic carbocycles. The van der Waals surface area contributed by atoms with Crippen molar-refractivity contribution in [2.24, 2.45) is 9.98 Å². The second-order valence-electron chi connectivity index (χ2n) is 2.44. The summed E-state index contributed by atoms with van der Waals surface area (Å²) in [5.41, 5.74) is -0.260. The summed E-state index contributed by atoms with van der Waals surface area (Å²) in [6, 6.07) is 0. The molecule has 0 amide bonds. The molecular weight excluding hydrogens is 112 g/mol. The van der Waals surface area contributed by atoms with Gasteiger partial charge in [0.25, 0.3) is 0 Å². The van der Waals surface area contributed by atoms with Crippen molar-refractivity contribution in [1.29, 1.82) is 0 Å². The van der Waals surface area contributed by atoms with E-state index in [4.69, 9.17) is 0 Å². The Balaban J connectivity index is 2.82. The van der Waals surface area contributed by atoms with Crippen LogP contribution in [0.2, 0.25) is 0 Å². The average Bonchev–Trinajstić information content (AvgIpc) is 1.92. The lowest BCUT2D eigenvalue weighted by molar-refractivity contribution is 0.560. The van der Waals surface area contributed by atoms with Gasteiger partial charge in [0.05, 0.1) is 0 Å². The molecule has 0 unspecified atom stereocenters. The highest BCUT2D eigenvalue weighted by Crippen LogP contribution is 2.09. The van der Waals surface area contributed by atoms with Crippen molar-refractivity contribution in [2.45, 2.75) is 19.5 Å². The molecule has 9 heavy (non-hydrogen) atoms. The van der Waals surface area contributed by atoms with E-state index in [9.17, 15) is 0 Å². The van der Waals surface area contributed by atoms with Crippen LogP contribution in [0.5, 0.6) is 0 Å². The van der Waals surface area contributed by atoms with Crippen molar-refractivity contribution in [3.63, 3.8) is 0 Å². The topological polar surface area (TPSA) is 24.7 Å².